The molecule has 5 heteroatoms. The molecular formula is C11H10FIN2O. The van der Waals surface area contributed by atoms with Gasteiger partial charge in [0.05, 0.1) is 11.3 Å². The molecule has 0 atom stereocenters. The summed E-state index contributed by atoms with van der Waals surface area (Å²) in [5.74, 6) is 0.268. The highest BCUT2D eigenvalue weighted by atomic mass is 127. The Morgan fingerprint density at radius 3 is 3.00 bits per heavy atom. The van der Waals surface area contributed by atoms with Crippen LogP contribution >= 0.6 is 22.6 Å². The van der Waals surface area contributed by atoms with Gasteiger partial charge in [-0.15, -0.1) is 0 Å². The first-order valence-electron chi connectivity index (χ1n) is 4.75. The molecule has 0 radical (unpaired) electrons. The van der Waals surface area contributed by atoms with Crippen LogP contribution in [0.3, 0.4) is 0 Å². The Labute approximate surface area is 106 Å². The second-order valence-electron chi connectivity index (χ2n) is 3.30. The molecule has 2 rings (SSSR count). The van der Waals surface area contributed by atoms with Gasteiger partial charge in [0.1, 0.15) is 12.1 Å². The van der Waals surface area contributed by atoms with E-state index in [1.807, 2.05) is 7.05 Å². The van der Waals surface area contributed by atoms with Crippen LogP contribution in [0, 0.1) is 9.39 Å². The van der Waals surface area contributed by atoms with Crippen LogP contribution in [0.15, 0.2) is 28.9 Å². The number of benzene rings is 1. The maximum Gasteiger partial charge on any atom is 0.227 e. The fraction of sp³-hybridized carbons (Fsp3) is 0.182. The van der Waals surface area contributed by atoms with Gasteiger partial charge in [0.15, 0.2) is 0 Å². The molecule has 1 aromatic heterocycles. The highest BCUT2D eigenvalue weighted by Gasteiger charge is 2.10. The van der Waals surface area contributed by atoms with Crippen molar-refractivity contribution in [3.63, 3.8) is 0 Å². The van der Waals surface area contributed by atoms with E-state index in [0.717, 1.165) is 14.8 Å². The Bertz CT molecular complexity index is 498. The minimum absolute atomic E-state index is 0.254. The third-order valence-corrected chi connectivity index (χ3v) is 2.96. The fourth-order valence-electron chi connectivity index (χ4n) is 1.36. The van der Waals surface area contributed by atoms with Crippen molar-refractivity contribution in [1.82, 2.24) is 10.3 Å². The van der Waals surface area contributed by atoms with Crippen molar-refractivity contribution in [2.45, 2.75) is 6.54 Å². The zero-order chi connectivity index (χ0) is 11.5. The molecular weight excluding hydrogens is 322 g/mol. The van der Waals surface area contributed by atoms with Gasteiger partial charge in [-0.25, -0.2) is 9.37 Å². The standard InChI is InChI=1S/C11H10FIN2O/c1-14-5-8-6-16-11(15-8)9-3-2-7(12)4-10(9)13/h2-4,6,14H,5H2,1H3. The molecule has 0 saturated carbocycles. The molecule has 0 saturated heterocycles. The quantitative estimate of drug-likeness (QED) is 0.879. The van der Waals surface area contributed by atoms with Gasteiger partial charge in [-0.2, -0.15) is 0 Å². The van der Waals surface area contributed by atoms with Crippen molar-refractivity contribution in [2.75, 3.05) is 7.05 Å². The van der Waals surface area contributed by atoms with Crippen LogP contribution < -0.4 is 5.32 Å². The lowest BCUT2D eigenvalue weighted by atomic mass is 10.2. The number of hydrogen-bond acceptors (Lipinski definition) is 3. The summed E-state index contributed by atoms with van der Waals surface area (Å²) in [6, 6.07) is 4.53. The highest BCUT2D eigenvalue weighted by molar-refractivity contribution is 14.1. The second-order valence-corrected chi connectivity index (χ2v) is 4.46. The second kappa shape index (κ2) is 4.92. The van der Waals surface area contributed by atoms with Crippen LogP contribution in [0.2, 0.25) is 0 Å². The summed E-state index contributed by atoms with van der Waals surface area (Å²) in [6.07, 6.45) is 1.60. The molecule has 0 amide bonds. The Hall–Kier alpha value is -0.950. The maximum atomic E-state index is 12.9. The summed E-state index contributed by atoms with van der Waals surface area (Å²) < 4.78 is 19.1. The largest absolute Gasteiger partial charge is 0.444 e. The van der Waals surface area contributed by atoms with E-state index >= 15 is 0 Å². The van der Waals surface area contributed by atoms with E-state index in [-0.39, 0.29) is 5.82 Å². The summed E-state index contributed by atoms with van der Waals surface area (Å²) in [6.45, 7) is 0.654. The molecule has 2 aromatic rings. The summed E-state index contributed by atoms with van der Waals surface area (Å²) in [7, 11) is 1.84. The fourth-order valence-corrected chi connectivity index (χ4v) is 2.06. The lowest BCUT2D eigenvalue weighted by molar-refractivity contribution is 0.570. The molecule has 1 heterocycles. The third-order valence-electron chi connectivity index (χ3n) is 2.07. The lowest BCUT2D eigenvalue weighted by Gasteiger charge is -1.99. The van der Waals surface area contributed by atoms with Crippen LogP contribution in [0.4, 0.5) is 4.39 Å². The molecule has 0 aliphatic carbocycles. The van der Waals surface area contributed by atoms with Crippen LogP contribution in [0.1, 0.15) is 5.69 Å². The van der Waals surface area contributed by atoms with Crippen molar-refractivity contribution in [2.24, 2.45) is 0 Å². The number of nitrogens with zero attached hydrogens (tertiary/aromatic N) is 1. The zero-order valence-electron chi connectivity index (χ0n) is 8.63. The minimum atomic E-state index is -0.254. The Morgan fingerprint density at radius 2 is 2.31 bits per heavy atom. The minimum Gasteiger partial charge on any atom is -0.444 e. The van der Waals surface area contributed by atoms with Crippen molar-refractivity contribution < 1.29 is 8.81 Å². The summed E-state index contributed by atoms with van der Waals surface area (Å²) >= 11 is 2.06. The third kappa shape index (κ3) is 2.41. The molecule has 0 fully saturated rings. The molecule has 0 aliphatic rings. The SMILES string of the molecule is CNCc1coc(-c2ccc(F)cc2I)n1. The predicted molar refractivity (Wildman–Crippen MR) is 67.4 cm³/mol. The van der Waals surface area contributed by atoms with E-state index in [0.29, 0.717) is 12.4 Å². The molecule has 84 valence electrons. The van der Waals surface area contributed by atoms with Gasteiger partial charge in [0, 0.05) is 10.1 Å². The monoisotopic (exact) mass is 332 g/mol. The van der Waals surface area contributed by atoms with E-state index in [1.54, 1.807) is 12.3 Å². The lowest BCUT2D eigenvalue weighted by Crippen LogP contribution is -2.04. The van der Waals surface area contributed by atoms with Crippen LogP contribution in [-0.2, 0) is 6.54 Å². The first kappa shape index (κ1) is 11.5. The van der Waals surface area contributed by atoms with E-state index in [2.05, 4.69) is 32.9 Å². The molecule has 16 heavy (non-hydrogen) atoms. The Morgan fingerprint density at radius 1 is 1.50 bits per heavy atom. The van der Waals surface area contributed by atoms with Crippen LogP contribution in [-0.4, -0.2) is 12.0 Å². The number of nitrogens with one attached hydrogen (secondary N) is 1. The predicted octanol–water partition coefficient (Wildman–Crippen LogP) is 2.80. The van der Waals surface area contributed by atoms with E-state index in [9.17, 15) is 4.39 Å². The molecule has 0 spiro atoms. The number of oxazole rings is 1. The van der Waals surface area contributed by atoms with Crippen LogP contribution in [0.5, 0.6) is 0 Å². The van der Waals surface area contributed by atoms with E-state index < -0.39 is 0 Å². The van der Waals surface area contributed by atoms with Gasteiger partial charge < -0.3 is 9.73 Å². The summed E-state index contributed by atoms with van der Waals surface area (Å²) in [5, 5.41) is 2.99. The first-order valence-corrected chi connectivity index (χ1v) is 5.83. The number of aromatic nitrogens is 1. The molecule has 0 bridgehead atoms. The number of rotatable bonds is 3. The van der Waals surface area contributed by atoms with Gasteiger partial charge in [-0.1, -0.05) is 0 Å². The van der Waals surface area contributed by atoms with Crippen molar-refractivity contribution in [3.8, 4) is 11.5 Å². The average Bonchev–Trinajstić information content (AvgIpc) is 2.67. The van der Waals surface area contributed by atoms with Crippen LogP contribution in [0.25, 0.3) is 11.5 Å². The first-order chi connectivity index (χ1) is 7.70. The normalized spacial score (nSPS) is 10.7. The molecule has 0 aliphatic heterocycles. The van der Waals surface area contributed by atoms with E-state index in [1.165, 1.54) is 12.1 Å². The van der Waals surface area contributed by atoms with E-state index in [4.69, 9.17) is 4.42 Å². The molecule has 1 N–H and O–H groups in total. The molecule has 0 unspecified atom stereocenters. The average molecular weight is 332 g/mol. The maximum absolute atomic E-state index is 12.9. The van der Waals surface area contributed by atoms with Crippen molar-refractivity contribution >= 4 is 22.6 Å². The number of halogens is 2. The van der Waals surface area contributed by atoms with Gasteiger partial charge in [0.2, 0.25) is 5.89 Å². The molecule has 1 aromatic carbocycles. The summed E-state index contributed by atoms with van der Waals surface area (Å²) in [4.78, 5) is 4.30. The van der Waals surface area contributed by atoms with Crippen molar-refractivity contribution in [3.05, 3.63) is 39.5 Å². The molecule has 3 nitrogen and oxygen atoms in total. The van der Waals surface area contributed by atoms with Gasteiger partial charge >= 0.3 is 0 Å². The van der Waals surface area contributed by atoms with Gasteiger partial charge in [0.25, 0.3) is 0 Å². The zero-order valence-corrected chi connectivity index (χ0v) is 10.8. The summed E-state index contributed by atoms with van der Waals surface area (Å²) in [5.41, 5.74) is 1.64. The topological polar surface area (TPSA) is 38.1 Å². The highest BCUT2D eigenvalue weighted by Crippen LogP contribution is 2.25. The van der Waals surface area contributed by atoms with Gasteiger partial charge in [-0.3, -0.25) is 0 Å². The smallest absolute Gasteiger partial charge is 0.227 e. The Kier molecular flexibility index (Phi) is 3.55. The Balaban J connectivity index is 2.35. The van der Waals surface area contributed by atoms with Gasteiger partial charge in [-0.05, 0) is 47.8 Å². The van der Waals surface area contributed by atoms with Crippen molar-refractivity contribution in [1.29, 1.82) is 0 Å². The number of hydrogen-bond donors (Lipinski definition) is 1.